The van der Waals surface area contributed by atoms with Crippen LogP contribution in [0.1, 0.15) is 37.8 Å². The highest BCUT2D eigenvalue weighted by Gasteiger charge is 2.06. The molecule has 0 unspecified atom stereocenters. The second-order valence-corrected chi connectivity index (χ2v) is 6.67. The maximum Gasteiger partial charge on any atom is 0.191 e. The van der Waals surface area contributed by atoms with Crippen molar-refractivity contribution in [2.45, 2.75) is 40.2 Å². The molecule has 0 aromatic heterocycles. The fourth-order valence-electron chi connectivity index (χ4n) is 2.60. The number of nitrogens with zero attached hydrogens (tertiary/aromatic N) is 2. The Bertz CT molecular complexity index is 549. The average molecular weight is 379 g/mol. The Morgan fingerprint density at radius 3 is 2.67 bits per heavy atom. The third kappa shape index (κ3) is 10.2. The molecule has 6 heteroatoms. The van der Waals surface area contributed by atoms with Gasteiger partial charge in [-0.2, -0.15) is 0 Å². The highest BCUT2D eigenvalue weighted by atomic mass is 16.5. The van der Waals surface area contributed by atoms with Gasteiger partial charge < -0.3 is 25.0 Å². The number of aliphatic imine (C=N–C) groups is 1. The predicted molar refractivity (Wildman–Crippen MR) is 114 cm³/mol. The summed E-state index contributed by atoms with van der Waals surface area (Å²) in [6, 6.07) is 6.28. The molecule has 154 valence electrons. The average Bonchev–Trinajstić information content (AvgIpc) is 2.67. The van der Waals surface area contributed by atoms with Crippen LogP contribution in [0.15, 0.2) is 23.2 Å². The van der Waals surface area contributed by atoms with Crippen LogP contribution in [-0.4, -0.2) is 64.4 Å². The Hall–Kier alpha value is -1.79. The molecule has 0 saturated carbocycles. The molecule has 1 aromatic carbocycles. The zero-order chi connectivity index (χ0) is 19.9. The molecule has 0 radical (unpaired) electrons. The number of benzene rings is 1. The monoisotopic (exact) mass is 378 g/mol. The predicted octanol–water partition coefficient (Wildman–Crippen LogP) is 2.81. The summed E-state index contributed by atoms with van der Waals surface area (Å²) in [6.07, 6.45) is 2.47. The number of guanidine groups is 1. The first kappa shape index (κ1) is 23.2. The third-order valence-electron chi connectivity index (χ3n) is 4.26. The van der Waals surface area contributed by atoms with E-state index in [0.29, 0.717) is 26.4 Å². The van der Waals surface area contributed by atoms with Crippen molar-refractivity contribution in [2.75, 3.05) is 53.6 Å². The lowest BCUT2D eigenvalue weighted by Crippen LogP contribution is -2.40. The van der Waals surface area contributed by atoms with Crippen LogP contribution in [0, 0.1) is 6.92 Å². The molecule has 0 aliphatic carbocycles. The van der Waals surface area contributed by atoms with Gasteiger partial charge in [0.1, 0.15) is 12.4 Å². The van der Waals surface area contributed by atoms with E-state index in [2.05, 4.69) is 59.6 Å². The fraction of sp³-hybridized carbons (Fsp3) is 0.667. The van der Waals surface area contributed by atoms with Crippen molar-refractivity contribution in [2.24, 2.45) is 4.99 Å². The van der Waals surface area contributed by atoms with Crippen LogP contribution >= 0.6 is 0 Å². The van der Waals surface area contributed by atoms with Crippen molar-refractivity contribution >= 4 is 5.96 Å². The summed E-state index contributed by atoms with van der Waals surface area (Å²) < 4.78 is 11.3. The number of ether oxygens (including phenoxy) is 2. The van der Waals surface area contributed by atoms with Gasteiger partial charge in [0.2, 0.25) is 0 Å². The highest BCUT2D eigenvalue weighted by Crippen LogP contribution is 2.20. The number of likely N-dealkylation sites (N-methyl/N-ethyl adjacent to an activating group) is 1. The largest absolute Gasteiger partial charge is 0.491 e. The van der Waals surface area contributed by atoms with E-state index in [1.807, 2.05) is 6.92 Å². The topological polar surface area (TPSA) is 58.1 Å². The molecule has 1 rings (SSSR count). The van der Waals surface area contributed by atoms with Crippen LogP contribution in [0.4, 0.5) is 0 Å². The highest BCUT2D eigenvalue weighted by molar-refractivity contribution is 5.79. The van der Waals surface area contributed by atoms with Gasteiger partial charge in [-0.3, -0.25) is 4.99 Å². The van der Waals surface area contributed by atoms with E-state index in [9.17, 15) is 0 Å². The summed E-state index contributed by atoms with van der Waals surface area (Å²) in [5.74, 6) is 1.71. The quantitative estimate of drug-likeness (QED) is 0.314. The normalized spacial score (nSPS) is 11.7. The van der Waals surface area contributed by atoms with E-state index in [1.165, 1.54) is 18.4 Å². The van der Waals surface area contributed by atoms with E-state index < -0.39 is 0 Å². The maximum atomic E-state index is 5.90. The maximum absolute atomic E-state index is 5.90. The first-order valence-electron chi connectivity index (χ1n) is 10.0. The standard InChI is InChI=1S/C21H38N4O2/c1-6-8-12-25(5)13-11-23-21(22-4)24-17-19-10-9-18(3)16-20(19)27-15-14-26-7-2/h9-10,16H,6-8,11-15,17H2,1-5H3,(H2,22,23,24). The third-order valence-corrected chi connectivity index (χ3v) is 4.26. The zero-order valence-electron chi connectivity index (χ0n) is 17.8. The minimum atomic E-state index is 0.557. The molecule has 0 amide bonds. The van der Waals surface area contributed by atoms with Gasteiger partial charge in [0, 0.05) is 38.9 Å². The molecule has 0 atom stereocenters. The minimum absolute atomic E-state index is 0.557. The summed E-state index contributed by atoms with van der Waals surface area (Å²) >= 11 is 0. The lowest BCUT2D eigenvalue weighted by Gasteiger charge is -2.18. The molecule has 0 bridgehead atoms. The van der Waals surface area contributed by atoms with Crippen molar-refractivity contribution in [1.82, 2.24) is 15.5 Å². The van der Waals surface area contributed by atoms with Gasteiger partial charge in [-0.25, -0.2) is 0 Å². The van der Waals surface area contributed by atoms with Gasteiger partial charge in [-0.1, -0.05) is 25.5 Å². The minimum Gasteiger partial charge on any atom is -0.491 e. The van der Waals surface area contributed by atoms with Gasteiger partial charge in [-0.15, -0.1) is 0 Å². The molecule has 0 heterocycles. The lowest BCUT2D eigenvalue weighted by atomic mass is 10.1. The smallest absolute Gasteiger partial charge is 0.191 e. The van der Waals surface area contributed by atoms with Gasteiger partial charge >= 0.3 is 0 Å². The van der Waals surface area contributed by atoms with E-state index in [4.69, 9.17) is 9.47 Å². The fourth-order valence-corrected chi connectivity index (χ4v) is 2.60. The van der Waals surface area contributed by atoms with Crippen molar-refractivity contribution in [3.8, 4) is 5.75 Å². The van der Waals surface area contributed by atoms with Gasteiger partial charge in [0.25, 0.3) is 0 Å². The van der Waals surface area contributed by atoms with E-state index in [0.717, 1.165) is 36.9 Å². The Balaban J connectivity index is 2.47. The number of hydrogen-bond donors (Lipinski definition) is 2. The molecule has 1 aromatic rings. The molecular formula is C21H38N4O2. The number of rotatable bonds is 13. The Labute approximate surface area is 165 Å². The van der Waals surface area contributed by atoms with Crippen LogP contribution in [0.3, 0.4) is 0 Å². The molecule has 2 N–H and O–H groups in total. The Morgan fingerprint density at radius 1 is 1.15 bits per heavy atom. The van der Waals surface area contributed by atoms with Gasteiger partial charge in [0.15, 0.2) is 5.96 Å². The van der Waals surface area contributed by atoms with Crippen LogP contribution in [-0.2, 0) is 11.3 Å². The van der Waals surface area contributed by atoms with Crippen molar-refractivity contribution in [1.29, 1.82) is 0 Å². The second-order valence-electron chi connectivity index (χ2n) is 6.67. The Kier molecular flexibility index (Phi) is 12.3. The first-order valence-corrected chi connectivity index (χ1v) is 10.0. The van der Waals surface area contributed by atoms with Crippen molar-refractivity contribution in [3.05, 3.63) is 29.3 Å². The molecule has 0 aliphatic rings. The molecule has 0 fully saturated rings. The van der Waals surface area contributed by atoms with Crippen LogP contribution in [0.5, 0.6) is 5.75 Å². The van der Waals surface area contributed by atoms with Gasteiger partial charge in [-0.05, 0) is 45.5 Å². The Morgan fingerprint density at radius 2 is 1.96 bits per heavy atom. The van der Waals surface area contributed by atoms with Crippen LogP contribution < -0.4 is 15.4 Å². The van der Waals surface area contributed by atoms with Gasteiger partial charge in [0.05, 0.1) is 6.61 Å². The summed E-state index contributed by atoms with van der Waals surface area (Å²) in [6.45, 7) is 11.8. The summed E-state index contributed by atoms with van der Waals surface area (Å²) in [7, 11) is 3.95. The van der Waals surface area contributed by atoms with E-state index in [1.54, 1.807) is 7.05 Å². The SMILES string of the molecule is CCCCN(C)CCNC(=NC)NCc1ccc(C)cc1OCCOCC. The van der Waals surface area contributed by atoms with E-state index >= 15 is 0 Å². The van der Waals surface area contributed by atoms with Crippen molar-refractivity contribution < 1.29 is 9.47 Å². The number of unbranched alkanes of at least 4 members (excludes halogenated alkanes) is 1. The molecule has 0 spiro atoms. The molecule has 0 aliphatic heterocycles. The molecule has 0 saturated heterocycles. The summed E-state index contributed by atoms with van der Waals surface area (Å²) in [5.41, 5.74) is 2.29. The number of aryl methyl sites for hydroxylation is 1. The number of nitrogens with one attached hydrogen (secondary N) is 2. The molecule has 6 nitrogen and oxygen atoms in total. The lowest BCUT2D eigenvalue weighted by molar-refractivity contribution is 0.110. The summed E-state index contributed by atoms with van der Waals surface area (Å²) in [4.78, 5) is 6.65. The first-order chi connectivity index (χ1) is 13.1. The number of hydrogen-bond acceptors (Lipinski definition) is 4. The van der Waals surface area contributed by atoms with Crippen molar-refractivity contribution in [3.63, 3.8) is 0 Å². The molecular weight excluding hydrogens is 340 g/mol. The second kappa shape index (κ2) is 14.3. The molecule has 27 heavy (non-hydrogen) atoms. The van der Waals surface area contributed by atoms with E-state index in [-0.39, 0.29) is 0 Å². The zero-order valence-corrected chi connectivity index (χ0v) is 17.8. The summed E-state index contributed by atoms with van der Waals surface area (Å²) in [5, 5.41) is 6.75. The van der Waals surface area contributed by atoms with Crippen LogP contribution in [0.25, 0.3) is 0 Å². The van der Waals surface area contributed by atoms with Crippen LogP contribution in [0.2, 0.25) is 0 Å².